The molecule has 2 aromatic rings. The van der Waals surface area contributed by atoms with E-state index in [9.17, 15) is 0 Å². The Kier molecular flexibility index (Phi) is 3.95. The highest BCUT2D eigenvalue weighted by molar-refractivity contribution is 7.11. The van der Waals surface area contributed by atoms with Gasteiger partial charge in [0.15, 0.2) is 0 Å². The number of para-hydroxylation sites is 1. The van der Waals surface area contributed by atoms with E-state index in [0.717, 1.165) is 28.7 Å². The SMILES string of the molecule is CC(C)(C)NCc1nnc(C2COc3ccccc3C2)s1. The molecule has 1 N–H and O–H groups in total. The van der Waals surface area contributed by atoms with Crippen molar-refractivity contribution >= 4 is 11.3 Å². The zero-order valence-corrected chi connectivity index (χ0v) is 13.5. The molecule has 2 heterocycles. The van der Waals surface area contributed by atoms with Crippen molar-refractivity contribution in [1.29, 1.82) is 0 Å². The summed E-state index contributed by atoms with van der Waals surface area (Å²) in [4.78, 5) is 0. The third-order valence-electron chi connectivity index (χ3n) is 3.48. The summed E-state index contributed by atoms with van der Waals surface area (Å²) in [5.74, 6) is 1.33. The first-order valence-corrected chi connectivity index (χ1v) is 8.11. The van der Waals surface area contributed by atoms with Crippen LogP contribution >= 0.6 is 11.3 Å². The van der Waals surface area contributed by atoms with Crippen molar-refractivity contribution in [2.45, 2.75) is 45.2 Å². The van der Waals surface area contributed by atoms with Gasteiger partial charge in [0.1, 0.15) is 15.8 Å². The molecule has 1 aromatic heterocycles. The Labute approximate surface area is 129 Å². The van der Waals surface area contributed by atoms with Crippen LogP contribution in [0.25, 0.3) is 0 Å². The molecule has 1 aromatic carbocycles. The van der Waals surface area contributed by atoms with Crippen LogP contribution in [-0.4, -0.2) is 22.3 Å². The summed E-state index contributed by atoms with van der Waals surface area (Å²) in [7, 11) is 0. The minimum absolute atomic E-state index is 0.0960. The van der Waals surface area contributed by atoms with E-state index in [1.165, 1.54) is 5.56 Å². The number of hydrogen-bond acceptors (Lipinski definition) is 5. The molecule has 0 radical (unpaired) electrons. The molecular formula is C16H21N3OS. The van der Waals surface area contributed by atoms with Gasteiger partial charge in [-0.25, -0.2) is 0 Å². The van der Waals surface area contributed by atoms with E-state index in [1.54, 1.807) is 11.3 Å². The summed E-state index contributed by atoms with van der Waals surface area (Å²) in [5.41, 5.74) is 1.36. The van der Waals surface area contributed by atoms with E-state index in [-0.39, 0.29) is 5.54 Å². The lowest BCUT2D eigenvalue weighted by molar-refractivity contribution is 0.262. The Bertz CT molecular complexity index is 618. The van der Waals surface area contributed by atoms with Crippen molar-refractivity contribution in [2.24, 2.45) is 0 Å². The molecule has 0 bridgehead atoms. The zero-order chi connectivity index (χ0) is 14.9. The fraction of sp³-hybridized carbons (Fsp3) is 0.500. The number of benzene rings is 1. The van der Waals surface area contributed by atoms with E-state index < -0.39 is 0 Å². The van der Waals surface area contributed by atoms with Crippen LogP contribution in [0.1, 0.15) is 42.3 Å². The second kappa shape index (κ2) is 5.73. The molecule has 3 rings (SSSR count). The number of ether oxygens (including phenoxy) is 1. The topological polar surface area (TPSA) is 47.0 Å². The zero-order valence-electron chi connectivity index (χ0n) is 12.7. The molecule has 0 amide bonds. The summed E-state index contributed by atoms with van der Waals surface area (Å²) in [6.07, 6.45) is 0.984. The van der Waals surface area contributed by atoms with Crippen LogP contribution in [0.2, 0.25) is 0 Å². The number of nitrogens with one attached hydrogen (secondary N) is 1. The lowest BCUT2D eigenvalue weighted by Gasteiger charge is -2.23. The Balaban J connectivity index is 1.67. The van der Waals surface area contributed by atoms with Gasteiger partial charge in [-0.3, -0.25) is 0 Å². The summed E-state index contributed by atoms with van der Waals surface area (Å²) < 4.78 is 5.84. The molecule has 0 aliphatic carbocycles. The molecule has 5 heteroatoms. The van der Waals surface area contributed by atoms with Crippen molar-refractivity contribution in [3.05, 3.63) is 39.8 Å². The second-order valence-corrected chi connectivity index (χ2v) is 7.55. The van der Waals surface area contributed by atoms with Gasteiger partial charge in [-0.15, -0.1) is 10.2 Å². The summed E-state index contributed by atoms with van der Waals surface area (Å²) in [6.45, 7) is 7.92. The van der Waals surface area contributed by atoms with E-state index in [1.807, 2.05) is 12.1 Å². The predicted molar refractivity (Wildman–Crippen MR) is 84.9 cm³/mol. The fourth-order valence-electron chi connectivity index (χ4n) is 2.33. The predicted octanol–water partition coefficient (Wildman–Crippen LogP) is 3.14. The van der Waals surface area contributed by atoms with Crippen LogP contribution in [0.4, 0.5) is 0 Å². The van der Waals surface area contributed by atoms with Crippen LogP contribution in [0.3, 0.4) is 0 Å². The molecule has 1 aliphatic rings. The summed E-state index contributed by atoms with van der Waals surface area (Å²) in [6, 6.07) is 8.23. The van der Waals surface area contributed by atoms with Crippen LogP contribution in [-0.2, 0) is 13.0 Å². The van der Waals surface area contributed by atoms with Crippen LogP contribution < -0.4 is 10.1 Å². The number of rotatable bonds is 3. The van der Waals surface area contributed by atoms with Crippen molar-refractivity contribution in [3.8, 4) is 5.75 Å². The van der Waals surface area contributed by atoms with Gasteiger partial charge in [0.25, 0.3) is 0 Å². The first kappa shape index (κ1) is 14.5. The van der Waals surface area contributed by atoms with Gasteiger partial charge < -0.3 is 10.1 Å². The maximum Gasteiger partial charge on any atom is 0.131 e. The third-order valence-corrected chi connectivity index (χ3v) is 4.57. The average molecular weight is 303 g/mol. The van der Waals surface area contributed by atoms with Crippen LogP contribution in [0.15, 0.2) is 24.3 Å². The standard InChI is InChI=1S/C16H21N3OS/c1-16(2,3)17-9-14-18-19-15(21-14)12-8-11-6-4-5-7-13(11)20-10-12/h4-7,12,17H,8-10H2,1-3H3. The molecular weight excluding hydrogens is 282 g/mol. The normalized spacial score (nSPS) is 18.1. The van der Waals surface area contributed by atoms with Crippen molar-refractivity contribution in [3.63, 3.8) is 0 Å². The van der Waals surface area contributed by atoms with Gasteiger partial charge in [-0.05, 0) is 38.8 Å². The van der Waals surface area contributed by atoms with Crippen molar-refractivity contribution in [2.75, 3.05) is 6.61 Å². The molecule has 0 spiro atoms. The first-order valence-electron chi connectivity index (χ1n) is 7.29. The largest absolute Gasteiger partial charge is 0.493 e. The van der Waals surface area contributed by atoms with E-state index in [4.69, 9.17) is 4.74 Å². The highest BCUT2D eigenvalue weighted by atomic mass is 32.1. The number of nitrogens with zero attached hydrogens (tertiary/aromatic N) is 2. The Morgan fingerprint density at radius 2 is 2.10 bits per heavy atom. The Morgan fingerprint density at radius 3 is 2.90 bits per heavy atom. The summed E-state index contributed by atoms with van der Waals surface area (Å²) in [5, 5.41) is 14.2. The second-order valence-electron chi connectivity index (χ2n) is 6.46. The molecule has 4 nitrogen and oxygen atoms in total. The Hall–Kier alpha value is -1.46. The number of fused-ring (bicyclic) bond motifs is 1. The monoisotopic (exact) mass is 303 g/mol. The van der Waals surface area contributed by atoms with Gasteiger partial charge in [0, 0.05) is 5.54 Å². The minimum Gasteiger partial charge on any atom is -0.493 e. The highest BCUT2D eigenvalue weighted by Gasteiger charge is 2.24. The number of aromatic nitrogens is 2. The molecule has 21 heavy (non-hydrogen) atoms. The smallest absolute Gasteiger partial charge is 0.131 e. The lowest BCUT2D eigenvalue weighted by atomic mass is 9.97. The molecule has 112 valence electrons. The van der Waals surface area contributed by atoms with Gasteiger partial charge in [-0.2, -0.15) is 0 Å². The molecule has 1 aliphatic heterocycles. The van der Waals surface area contributed by atoms with E-state index in [0.29, 0.717) is 12.5 Å². The first-order chi connectivity index (χ1) is 10.0. The molecule has 0 saturated carbocycles. The quantitative estimate of drug-likeness (QED) is 0.946. The van der Waals surface area contributed by atoms with Crippen LogP contribution in [0, 0.1) is 0 Å². The fourth-order valence-corrected chi connectivity index (χ4v) is 3.20. The van der Waals surface area contributed by atoms with Gasteiger partial charge in [-0.1, -0.05) is 29.5 Å². The van der Waals surface area contributed by atoms with Gasteiger partial charge in [0.2, 0.25) is 0 Å². The minimum atomic E-state index is 0.0960. The van der Waals surface area contributed by atoms with Crippen molar-refractivity contribution in [1.82, 2.24) is 15.5 Å². The highest BCUT2D eigenvalue weighted by Crippen LogP contribution is 2.33. The molecule has 0 saturated heterocycles. The third kappa shape index (κ3) is 3.60. The maximum absolute atomic E-state index is 5.84. The maximum atomic E-state index is 5.84. The lowest BCUT2D eigenvalue weighted by Crippen LogP contribution is -2.35. The van der Waals surface area contributed by atoms with Gasteiger partial charge in [0.05, 0.1) is 19.1 Å². The van der Waals surface area contributed by atoms with Gasteiger partial charge >= 0.3 is 0 Å². The van der Waals surface area contributed by atoms with E-state index in [2.05, 4.69) is 48.4 Å². The van der Waals surface area contributed by atoms with E-state index >= 15 is 0 Å². The van der Waals surface area contributed by atoms with Crippen molar-refractivity contribution < 1.29 is 4.74 Å². The van der Waals surface area contributed by atoms with Crippen LogP contribution in [0.5, 0.6) is 5.75 Å². The summed E-state index contributed by atoms with van der Waals surface area (Å²) >= 11 is 1.69. The number of hydrogen-bond donors (Lipinski definition) is 1. The Morgan fingerprint density at radius 1 is 1.29 bits per heavy atom. The molecule has 0 fully saturated rings. The average Bonchev–Trinajstić information content (AvgIpc) is 2.93. The molecule has 1 unspecified atom stereocenters. The molecule has 1 atom stereocenters.